The number of likely N-dealkylation sites (N-methyl/N-ethyl adjacent to an activating group) is 1. The van der Waals surface area contributed by atoms with Crippen molar-refractivity contribution < 1.29 is 9.47 Å². The second-order valence-corrected chi connectivity index (χ2v) is 6.26. The van der Waals surface area contributed by atoms with Crippen LogP contribution in [0.15, 0.2) is 30.5 Å². The third kappa shape index (κ3) is 3.49. The summed E-state index contributed by atoms with van der Waals surface area (Å²) in [5.74, 6) is 0.744. The van der Waals surface area contributed by atoms with Gasteiger partial charge in [-0.1, -0.05) is 23.3 Å². The van der Waals surface area contributed by atoms with E-state index >= 15 is 0 Å². The highest BCUT2D eigenvalue weighted by atomic mass is 16.6. The van der Waals surface area contributed by atoms with Gasteiger partial charge in [-0.05, 0) is 28.5 Å². The lowest BCUT2D eigenvalue weighted by Gasteiger charge is -2.27. The Balaban J connectivity index is 1.42. The van der Waals surface area contributed by atoms with Crippen molar-refractivity contribution in [1.82, 2.24) is 25.2 Å². The zero-order chi connectivity index (χ0) is 17.1. The molecule has 132 valence electrons. The second-order valence-electron chi connectivity index (χ2n) is 6.26. The molecule has 1 saturated heterocycles. The molecule has 0 radical (unpaired) electrons. The quantitative estimate of drug-likeness (QED) is 0.726. The Morgan fingerprint density at radius 1 is 1.32 bits per heavy atom. The molecule has 1 aliphatic rings. The summed E-state index contributed by atoms with van der Waals surface area (Å²) in [5, 5.41) is 13.4. The SMILES string of the molecule is CN(CC1COCCO1)c1nnnn1CCc1c[nH]c2ccccc12. The normalized spacial score (nSPS) is 17.9. The number of rotatable bonds is 6. The molecule has 8 heteroatoms. The summed E-state index contributed by atoms with van der Waals surface area (Å²) in [6, 6.07) is 8.31. The van der Waals surface area contributed by atoms with Crippen molar-refractivity contribution in [2.45, 2.75) is 19.1 Å². The van der Waals surface area contributed by atoms with E-state index in [2.05, 4.69) is 44.9 Å². The maximum atomic E-state index is 5.70. The number of aromatic nitrogens is 5. The standard InChI is InChI=1S/C17H22N6O2/c1-22(11-14-12-24-8-9-25-14)17-19-20-21-23(17)7-6-13-10-18-16-5-3-2-4-15(13)16/h2-5,10,14,18H,6-9,11-12H2,1H3. The highest BCUT2D eigenvalue weighted by Crippen LogP contribution is 2.19. The summed E-state index contributed by atoms with van der Waals surface area (Å²) in [5.41, 5.74) is 2.42. The molecule has 0 amide bonds. The number of aromatic amines is 1. The molecule has 0 aliphatic carbocycles. The molecule has 4 rings (SSSR count). The highest BCUT2D eigenvalue weighted by molar-refractivity contribution is 5.82. The van der Waals surface area contributed by atoms with Crippen molar-refractivity contribution in [3.8, 4) is 0 Å². The summed E-state index contributed by atoms with van der Waals surface area (Å²) >= 11 is 0. The molecule has 0 bridgehead atoms. The predicted molar refractivity (Wildman–Crippen MR) is 93.6 cm³/mol. The van der Waals surface area contributed by atoms with Gasteiger partial charge in [0, 0.05) is 30.7 Å². The Bertz CT molecular complexity index is 823. The minimum Gasteiger partial charge on any atom is -0.376 e. The van der Waals surface area contributed by atoms with Gasteiger partial charge < -0.3 is 19.4 Å². The van der Waals surface area contributed by atoms with E-state index in [1.165, 1.54) is 10.9 Å². The fourth-order valence-corrected chi connectivity index (χ4v) is 3.21. The van der Waals surface area contributed by atoms with Crippen LogP contribution in [-0.4, -0.2) is 64.7 Å². The number of fused-ring (bicyclic) bond motifs is 1. The number of H-pyrrole nitrogens is 1. The van der Waals surface area contributed by atoms with Gasteiger partial charge >= 0.3 is 0 Å². The van der Waals surface area contributed by atoms with Gasteiger partial charge in [0.25, 0.3) is 0 Å². The third-order valence-corrected chi connectivity index (χ3v) is 4.48. The van der Waals surface area contributed by atoms with E-state index in [9.17, 15) is 0 Å². The summed E-state index contributed by atoms with van der Waals surface area (Å²) in [6.07, 6.45) is 2.97. The van der Waals surface area contributed by atoms with Crippen molar-refractivity contribution in [3.63, 3.8) is 0 Å². The summed E-state index contributed by atoms with van der Waals surface area (Å²) in [7, 11) is 1.98. The van der Waals surface area contributed by atoms with Gasteiger partial charge in [0.05, 0.1) is 32.5 Å². The van der Waals surface area contributed by atoms with Crippen LogP contribution in [0.2, 0.25) is 0 Å². The minimum absolute atomic E-state index is 0.0533. The van der Waals surface area contributed by atoms with Gasteiger partial charge in [0.15, 0.2) is 0 Å². The zero-order valence-electron chi connectivity index (χ0n) is 14.3. The second kappa shape index (κ2) is 7.20. The van der Waals surface area contributed by atoms with Crippen LogP contribution in [0.5, 0.6) is 0 Å². The first-order chi connectivity index (χ1) is 12.3. The highest BCUT2D eigenvalue weighted by Gasteiger charge is 2.20. The zero-order valence-corrected chi connectivity index (χ0v) is 14.3. The van der Waals surface area contributed by atoms with Gasteiger partial charge in [0.2, 0.25) is 5.95 Å². The van der Waals surface area contributed by atoms with Crippen molar-refractivity contribution in [3.05, 3.63) is 36.0 Å². The van der Waals surface area contributed by atoms with Crippen LogP contribution in [0, 0.1) is 0 Å². The van der Waals surface area contributed by atoms with E-state index in [0.29, 0.717) is 26.4 Å². The van der Waals surface area contributed by atoms with Gasteiger partial charge in [-0.3, -0.25) is 0 Å². The van der Waals surface area contributed by atoms with Crippen LogP contribution < -0.4 is 4.90 Å². The molecule has 3 aromatic rings. The number of para-hydroxylation sites is 1. The van der Waals surface area contributed by atoms with Crippen molar-refractivity contribution in [2.75, 3.05) is 38.3 Å². The molecular weight excluding hydrogens is 320 g/mol. The number of nitrogens with zero attached hydrogens (tertiary/aromatic N) is 5. The molecule has 1 unspecified atom stereocenters. The van der Waals surface area contributed by atoms with Crippen LogP contribution in [0.4, 0.5) is 5.95 Å². The first-order valence-electron chi connectivity index (χ1n) is 8.53. The first kappa shape index (κ1) is 16.0. The number of tetrazole rings is 1. The summed E-state index contributed by atoms with van der Waals surface area (Å²) in [4.78, 5) is 5.33. The van der Waals surface area contributed by atoms with E-state index in [4.69, 9.17) is 9.47 Å². The summed E-state index contributed by atoms with van der Waals surface area (Å²) < 4.78 is 13.0. The fraction of sp³-hybridized carbons (Fsp3) is 0.471. The van der Waals surface area contributed by atoms with E-state index in [0.717, 1.165) is 24.4 Å². The van der Waals surface area contributed by atoms with Gasteiger partial charge in [-0.25, -0.2) is 4.68 Å². The number of anilines is 1. The maximum Gasteiger partial charge on any atom is 0.245 e. The molecule has 8 nitrogen and oxygen atoms in total. The van der Waals surface area contributed by atoms with E-state index in [1.54, 1.807) is 0 Å². The smallest absolute Gasteiger partial charge is 0.245 e. The summed E-state index contributed by atoms with van der Waals surface area (Å²) in [6.45, 7) is 3.35. The van der Waals surface area contributed by atoms with Gasteiger partial charge in [0.1, 0.15) is 0 Å². The largest absolute Gasteiger partial charge is 0.376 e. The van der Waals surface area contributed by atoms with Crippen LogP contribution >= 0.6 is 0 Å². The molecule has 0 spiro atoms. The first-order valence-corrected chi connectivity index (χ1v) is 8.53. The molecule has 1 N–H and O–H groups in total. The van der Waals surface area contributed by atoms with Crippen LogP contribution in [0.1, 0.15) is 5.56 Å². The average molecular weight is 342 g/mol. The van der Waals surface area contributed by atoms with Gasteiger partial charge in [-0.15, -0.1) is 0 Å². The van der Waals surface area contributed by atoms with E-state index < -0.39 is 0 Å². The number of hydrogen-bond acceptors (Lipinski definition) is 6. The molecule has 25 heavy (non-hydrogen) atoms. The molecule has 1 atom stereocenters. The maximum absolute atomic E-state index is 5.70. The monoisotopic (exact) mass is 342 g/mol. The number of aryl methyl sites for hydroxylation is 2. The molecule has 1 aliphatic heterocycles. The molecule has 0 saturated carbocycles. The molecule has 2 aromatic heterocycles. The Morgan fingerprint density at radius 2 is 2.24 bits per heavy atom. The lowest BCUT2D eigenvalue weighted by Crippen LogP contribution is -2.39. The van der Waals surface area contributed by atoms with Crippen molar-refractivity contribution >= 4 is 16.9 Å². The van der Waals surface area contributed by atoms with Crippen molar-refractivity contribution in [1.29, 1.82) is 0 Å². The number of hydrogen-bond donors (Lipinski definition) is 1. The predicted octanol–water partition coefficient (Wildman–Crippen LogP) is 1.25. The fourth-order valence-electron chi connectivity index (χ4n) is 3.21. The van der Waals surface area contributed by atoms with Gasteiger partial charge in [-0.2, -0.15) is 0 Å². The van der Waals surface area contributed by atoms with Crippen molar-refractivity contribution in [2.24, 2.45) is 0 Å². The van der Waals surface area contributed by atoms with Crippen LogP contribution in [-0.2, 0) is 22.4 Å². The topological polar surface area (TPSA) is 81.1 Å². The molecule has 1 aromatic carbocycles. The third-order valence-electron chi connectivity index (χ3n) is 4.48. The molecule has 3 heterocycles. The average Bonchev–Trinajstić information content (AvgIpc) is 3.27. The van der Waals surface area contributed by atoms with E-state index in [1.807, 2.05) is 22.7 Å². The Hall–Kier alpha value is -2.45. The lowest BCUT2D eigenvalue weighted by molar-refractivity contribution is -0.0838. The minimum atomic E-state index is 0.0533. The number of benzene rings is 1. The Morgan fingerprint density at radius 3 is 3.12 bits per heavy atom. The number of nitrogens with one attached hydrogen (secondary N) is 1. The number of ether oxygens (including phenoxy) is 2. The molecule has 1 fully saturated rings. The van der Waals surface area contributed by atoms with Crippen LogP contribution in [0.3, 0.4) is 0 Å². The lowest BCUT2D eigenvalue weighted by atomic mass is 10.1. The Labute approximate surface area is 145 Å². The Kier molecular flexibility index (Phi) is 4.62. The van der Waals surface area contributed by atoms with E-state index in [-0.39, 0.29) is 6.10 Å². The van der Waals surface area contributed by atoms with Crippen LogP contribution in [0.25, 0.3) is 10.9 Å². The molecular formula is C17H22N6O2.